The Bertz CT molecular complexity index is 938. The van der Waals surface area contributed by atoms with Crippen LogP contribution >= 0.6 is 0 Å². The summed E-state index contributed by atoms with van der Waals surface area (Å²) >= 11 is 0. The molecule has 0 saturated heterocycles. The maximum atomic E-state index is 12.7. The van der Waals surface area contributed by atoms with Crippen molar-refractivity contribution in [2.24, 2.45) is 0 Å². The molecule has 1 N–H and O–H groups in total. The minimum Gasteiger partial charge on any atom is -0.346 e. The number of nitrogens with one attached hydrogen (secondary N) is 1. The zero-order valence-corrected chi connectivity index (χ0v) is 16.1. The molecule has 1 heterocycles. The van der Waals surface area contributed by atoms with Crippen LogP contribution in [0.25, 0.3) is 0 Å². The zero-order valence-electron chi connectivity index (χ0n) is 15.3. The molecule has 0 fully saturated rings. The van der Waals surface area contributed by atoms with Gasteiger partial charge in [0.05, 0.1) is 18.0 Å². The molecule has 6 heteroatoms. The van der Waals surface area contributed by atoms with Crippen molar-refractivity contribution in [3.05, 3.63) is 64.7 Å². The molecule has 0 saturated carbocycles. The highest BCUT2D eigenvalue weighted by molar-refractivity contribution is 7.92. The molecule has 1 amide bonds. The van der Waals surface area contributed by atoms with Crippen LogP contribution in [0.15, 0.2) is 42.5 Å². The van der Waals surface area contributed by atoms with Gasteiger partial charge in [-0.25, -0.2) is 8.42 Å². The lowest BCUT2D eigenvalue weighted by atomic mass is 9.99. The predicted octanol–water partition coefficient (Wildman–Crippen LogP) is 3.20. The van der Waals surface area contributed by atoms with Crippen molar-refractivity contribution >= 4 is 21.6 Å². The van der Waals surface area contributed by atoms with E-state index in [-0.39, 0.29) is 11.9 Å². The third-order valence-electron chi connectivity index (χ3n) is 4.82. The highest BCUT2D eigenvalue weighted by Gasteiger charge is 2.25. The molecule has 138 valence electrons. The third kappa shape index (κ3) is 3.75. The number of aryl methyl sites for hydroxylation is 2. The number of hydrogen-bond donors (Lipinski definition) is 1. The van der Waals surface area contributed by atoms with Gasteiger partial charge >= 0.3 is 0 Å². The lowest BCUT2D eigenvalue weighted by molar-refractivity contribution is 0.0939. The van der Waals surface area contributed by atoms with E-state index in [2.05, 4.69) is 5.32 Å². The van der Waals surface area contributed by atoms with Crippen LogP contribution in [0.3, 0.4) is 0 Å². The predicted molar refractivity (Wildman–Crippen MR) is 104 cm³/mol. The lowest BCUT2D eigenvalue weighted by Gasteiger charge is -2.29. The fraction of sp³-hybridized carbons (Fsp3) is 0.350. The smallest absolute Gasteiger partial charge is 0.251 e. The fourth-order valence-corrected chi connectivity index (χ4v) is 4.47. The first-order valence-electron chi connectivity index (χ1n) is 8.74. The number of rotatable bonds is 4. The standard InChI is InChI=1S/C20H24N2O3S/c1-14-7-4-5-9-18(14)15(2)21-20(23)17-10-11-19-16(13-17)8-6-12-22(19)26(3,24)25/h4-5,7,9-11,13,15H,6,8,12H2,1-3H3,(H,21,23)/t15-/m1/s1. The maximum absolute atomic E-state index is 12.7. The molecule has 1 aliphatic heterocycles. The molecule has 0 spiro atoms. The van der Waals surface area contributed by atoms with Gasteiger partial charge in [-0.3, -0.25) is 9.10 Å². The van der Waals surface area contributed by atoms with Crippen LogP contribution in [-0.2, 0) is 16.4 Å². The average Bonchev–Trinajstić information content (AvgIpc) is 2.60. The summed E-state index contributed by atoms with van der Waals surface area (Å²) in [6.45, 7) is 4.47. The van der Waals surface area contributed by atoms with Crippen LogP contribution in [-0.4, -0.2) is 27.1 Å². The Balaban J connectivity index is 1.82. The van der Waals surface area contributed by atoms with Gasteiger partial charge < -0.3 is 5.32 Å². The molecular formula is C20H24N2O3S. The number of benzene rings is 2. The van der Waals surface area contributed by atoms with E-state index >= 15 is 0 Å². The van der Waals surface area contributed by atoms with Crippen LogP contribution in [0.4, 0.5) is 5.69 Å². The molecule has 0 radical (unpaired) electrons. The summed E-state index contributed by atoms with van der Waals surface area (Å²) in [7, 11) is -3.30. The van der Waals surface area contributed by atoms with Gasteiger partial charge in [0.25, 0.3) is 5.91 Å². The molecular weight excluding hydrogens is 348 g/mol. The minimum atomic E-state index is -3.30. The lowest BCUT2D eigenvalue weighted by Crippen LogP contribution is -2.35. The van der Waals surface area contributed by atoms with Gasteiger partial charge in [0.15, 0.2) is 0 Å². The van der Waals surface area contributed by atoms with Crippen molar-refractivity contribution in [1.82, 2.24) is 5.32 Å². The van der Waals surface area contributed by atoms with E-state index in [4.69, 9.17) is 0 Å². The van der Waals surface area contributed by atoms with E-state index in [0.29, 0.717) is 17.8 Å². The van der Waals surface area contributed by atoms with Crippen LogP contribution in [0.1, 0.15) is 46.4 Å². The second-order valence-electron chi connectivity index (χ2n) is 6.83. The van der Waals surface area contributed by atoms with E-state index < -0.39 is 10.0 Å². The van der Waals surface area contributed by atoms with Crippen LogP contribution in [0.5, 0.6) is 0 Å². The average molecular weight is 372 g/mol. The number of nitrogens with zero attached hydrogens (tertiary/aromatic N) is 1. The SMILES string of the molecule is Cc1ccccc1[C@@H](C)NC(=O)c1ccc2c(c1)CCCN2S(C)(=O)=O. The molecule has 2 aromatic rings. The van der Waals surface area contributed by atoms with Gasteiger partial charge in [-0.1, -0.05) is 24.3 Å². The number of hydrogen-bond acceptors (Lipinski definition) is 3. The quantitative estimate of drug-likeness (QED) is 0.896. The van der Waals surface area contributed by atoms with Crippen LogP contribution < -0.4 is 9.62 Å². The molecule has 0 unspecified atom stereocenters. The Morgan fingerprint density at radius 2 is 1.92 bits per heavy atom. The molecule has 3 rings (SSSR count). The van der Waals surface area contributed by atoms with Gasteiger partial charge in [-0.15, -0.1) is 0 Å². The largest absolute Gasteiger partial charge is 0.346 e. The summed E-state index contributed by atoms with van der Waals surface area (Å²) in [4.78, 5) is 12.7. The number of carbonyl (C=O) groups excluding carboxylic acids is 1. The number of carbonyl (C=O) groups is 1. The van der Waals surface area contributed by atoms with Crippen LogP contribution in [0.2, 0.25) is 0 Å². The van der Waals surface area contributed by atoms with E-state index in [1.807, 2.05) is 44.2 Å². The first-order valence-corrected chi connectivity index (χ1v) is 10.6. The Hall–Kier alpha value is -2.34. The Labute approximate surface area is 155 Å². The van der Waals surface area contributed by atoms with Crippen LogP contribution in [0, 0.1) is 6.92 Å². The van der Waals surface area contributed by atoms with Gasteiger partial charge in [-0.2, -0.15) is 0 Å². The summed E-state index contributed by atoms with van der Waals surface area (Å²) in [5.74, 6) is -0.153. The molecule has 1 atom stereocenters. The molecule has 0 aromatic heterocycles. The Morgan fingerprint density at radius 1 is 1.19 bits per heavy atom. The Morgan fingerprint density at radius 3 is 2.62 bits per heavy atom. The van der Waals surface area contributed by atoms with E-state index in [1.54, 1.807) is 12.1 Å². The molecule has 5 nitrogen and oxygen atoms in total. The van der Waals surface area contributed by atoms with Gasteiger partial charge in [0.1, 0.15) is 0 Å². The summed E-state index contributed by atoms with van der Waals surface area (Å²) in [6.07, 6.45) is 2.74. The van der Waals surface area contributed by atoms with Crippen molar-refractivity contribution in [3.8, 4) is 0 Å². The molecule has 2 aromatic carbocycles. The fourth-order valence-electron chi connectivity index (χ4n) is 3.48. The summed E-state index contributed by atoms with van der Waals surface area (Å²) in [5, 5.41) is 3.03. The second kappa shape index (κ2) is 7.11. The number of amides is 1. The van der Waals surface area contributed by atoms with Gasteiger partial charge in [-0.05, 0) is 61.6 Å². The van der Waals surface area contributed by atoms with E-state index in [1.165, 1.54) is 10.6 Å². The number of fused-ring (bicyclic) bond motifs is 1. The second-order valence-corrected chi connectivity index (χ2v) is 8.74. The van der Waals surface area contributed by atoms with Crippen molar-refractivity contribution in [2.45, 2.75) is 32.7 Å². The summed E-state index contributed by atoms with van der Waals surface area (Å²) in [6, 6.07) is 13.1. The van der Waals surface area contributed by atoms with Crippen molar-refractivity contribution in [3.63, 3.8) is 0 Å². The van der Waals surface area contributed by atoms with E-state index in [0.717, 1.165) is 29.5 Å². The number of anilines is 1. The minimum absolute atomic E-state index is 0.104. The third-order valence-corrected chi connectivity index (χ3v) is 6.00. The van der Waals surface area contributed by atoms with Gasteiger partial charge in [0.2, 0.25) is 10.0 Å². The first-order chi connectivity index (χ1) is 12.3. The molecule has 0 bridgehead atoms. The van der Waals surface area contributed by atoms with Crippen molar-refractivity contribution in [1.29, 1.82) is 0 Å². The van der Waals surface area contributed by atoms with Crippen molar-refractivity contribution in [2.75, 3.05) is 17.1 Å². The highest BCUT2D eigenvalue weighted by Crippen LogP contribution is 2.30. The monoisotopic (exact) mass is 372 g/mol. The van der Waals surface area contributed by atoms with Gasteiger partial charge in [0, 0.05) is 12.1 Å². The summed E-state index contributed by atoms with van der Waals surface area (Å²) in [5.41, 5.74) is 4.36. The molecule has 26 heavy (non-hydrogen) atoms. The molecule has 0 aliphatic carbocycles. The Kier molecular flexibility index (Phi) is 5.05. The normalized spacial score (nSPS) is 15.3. The van der Waals surface area contributed by atoms with E-state index in [9.17, 15) is 13.2 Å². The molecule has 1 aliphatic rings. The van der Waals surface area contributed by atoms with Crippen molar-refractivity contribution < 1.29 is 13.2 Å². The zero-order chi connectivity index (χ0) is 18.9. The number of sulfonamides is 1. The topological polar surface area (TPSA) is 66.5 Å². The maximum Gasteiger partial charge on any atom is 0.251 e. The summed E-state index contributed by atoms with van der Waals surface area (Å²) < 4.78 is 25.3. The first kappa shape index (κ1) is 18.5. The highest BCUT2D eigenvalue weighted by atomic mass is 32.2.